The zero-order valence-electron chi connectivity index (χ0n) is 10.9. The molecule has 0 aromatic heterocycles. The standard InChI is InChI=1S/C16H18IN/c1-13-7-8-14-5-3-6-15(16(14)11-13)12-18(2)10-4-9-17/h3-9,11H,10,12H2,1-2H3/b9-4+. The van der Waals surface area contributed by atoms with Gasteiger partial charge in [-0.05, 0) is 34.4 Å². The summed E-state index contributed by atoms with van der Waals surface area (Å²) in [5.41, 5.74) is 2.73. The highest BCUT2D eigenvalue weighted by Crippen LogP contribution is 2.21. The fourth-order valence-electron chi connectivity index (χ4n) is 2.16. The fraction of sp³-hybridized carbons (Fsp3) is 0.250. The summed E-state index contributed by atoms with van der Waals surface area (Å²) in [6.07, 6.45) is 2.18. The predicted molar refractivity (Wildman–Crippen MR) is 88.2 cm³/mol. The average Bonchev–Trinajstić information content (AvgIpc) is 2.37. The van der Waals surface area contributed by atoms with E-state index in [0.717, 1.165) is 13.1 Å². The van der Waals surface area contributed by atoms with Crippen molar-refractivity contribution in [2.45, 2.75) is 13.5 Å². The zero-order chi connectivity index (χ0) is 13.0. The Bertz CT molecular complexity index is 560. The molecule has 0 N–H and O–H groups in total. The average molecular weight is 351 g/mol. The molecule has 0 bridgehead atoms. The van der Waals surface area contributed by atoms with Gasteiger partial charge in [0, 0.05) is 13.1 Å². The number of benzene rings is 2. The van der Waals surface area contributed by atoms with Gasteiger partial charge >= 0.3 is 0 Å². The molecule has 0 atom stereocenters. The van der Waals surface area contributed by atoms with E-state index in [0.29, 0.717) is 0 Å². The van der Waals surface area contributed by atoms with Gasteiger partial charge in [0.05, 0.1) is 0 Å². The molecule has 2 rings (SSSR count). The van der Waals surface area contributed by atoms with Gasteiger partial charge in [-0.3, -0.25) is 4.90 Å². The predicted octanol–water partition coefficient (Wildman–Crippen LogP) is 4.53. The van der Waals surface area contributed by atoms with Gasteiger partial charge < -0.3 is 0 Å². The van der Waals surface area contributed by atoms with E-state index in [2.05, 4.69) is 88.0 Å². The molecule has 0 fully saturated rings. The van der Waals surface area contributed by atoms with E-state index in [1.165, 1.54) is 21.9 Å². The summed E-state index contributed by atoms with van der Waals surface area (Å²) in [4.78, 5) is 2.33. The second-order valence-corrected chi connectivity index (χ2v) is 5.42. The van der Waals surface area contributed by atoms with Gasteiger partial charge in [0.2, 0.25) is 0 Å². The Kier molecular flexibility index (Phi) is 4.78. The summed E-state index contributed by atoms with van der Waals surface area (Å²) >= 11 is 2.26. The Morgan fingerprint density at radius 2 is 2.06 bits per heavy atom. The van der Waals surface area contributed by atoms with Crippen LogP contribution in [0, 0.1) is 6.92 Å². The smallest absolute Gasteiger partial charge is 0.0240 e. The molecule has 0 amide bonds. The highest BCUT2D eigenvalue weighted by Gasteiger charge is 2.03. The van der Waals surface area contributed by atoms with E-state index < -0.39 is 0 Å². The number of hydrogen-bond donors (Lipinski definition) is 0. The van der Waals surface area contributed by atoms with E-state index in [9.17, 15) is 0 Å². The SMILES string of the molecule is Cc1ccc2cccc(CN(C)C/C=C/I)c2c1. The first-order valence-corrected chi connectivity index (χ1v) is 7.37. The minimum Gasteiger partial charge on any atom is -0.298 e. The molecule has 2 aromatic rings. The molecule has 0 unspecified atom stereocenters. The first-order valence-electron chi connectivity index (χ1n) is 6.13. The van der Waals surface area contributed by atoms with Gasteiger partial charge in [0.1, 0.15) is 0 Å². The Morgan fingerprint density at radius 3 is 2.83 bits per heavy atom. The molecule has 18 heavy (non-hydrogen) atoms. The number of fused-ring (bicyclic) bond motifs is 1. The summed E-state index contributed by atoms with van der Waals surface area (Å²) in [7, 11) is 2.16. The van der Waals surface area contributed by atoms with Crippen molar-refractivity contribution < 1.29 is 0 Å². The Morgan fingerprint density at radius 1 is 1.22 bits per heavy atom. The van der Waals surface area contributed by atoms with Crippen LogP contribution in [0.5, 0.6) is 0 Å². The summed E-state index contributed by atoms with van der Waals surface area (Å²) < 4.78 is 2.07. The maximum Gasteiger partial charge on any atom is 0.0240 e. The van der Waals surface area contributed by atoms with Gasteiger partial charge in [-0.2, -0.15) is 0 Å². The van der Waals surface area contributed by atoms with Crippen molar-refractivity contribution in [3.05, 3.63) is 57.7 Å². The molecular formula is C16H18IN. The molecule has 0 aliphatic carbocycles. The number of nitrogens with zero attached hydrogens (tertiary/aromatic N) is 1. The van der Waals surface area contributed by atoms with Gasteiger partial charge in [0.25, 0.3) is 0 Å². The second-order valence-electron chi connectivity index (χ2n) is 4.70. The topological polar surface area (TPSA) is 3.24 Å². The minimum absolute atomic E-state index is 0.988. The van der Waals surface area contributed by atoms with E-state index in [-0.39, 0.29) is 0 Å². The molecule has 0 aliphatic heterocycles. The molecule has 0 radical (unpaired) electrons. The lowest BCUT2D eigenvalue weighted by Gasteiger charge is -2.16. The van der Waals surface area contributed by atoms with Crippen LogP contribution < -0.4 is 0 Å². The van der Waals surface area contributed by atoms with Crippen molar-refractivity contribution in [1.29, 1.82) is 0 Å². The quantitative estimate of drug-likeness (QED) is 0.732. The van der Waals surface area contributed by atoms with E-state index >= 15 is 0 Å². The van der Waals surface area contributed by atoms with Gasteiger partial charge in [-0.15, -0.1) is 0 Å². The van der Waals surface area contributed by atoms with Crippen LogP contribution in [0.2, 0.25) is 0 Å². The van der Waals surface area contributed by atoms with Gasteiger partial charge in [-0.25, -0.2) is 0 Å². The van der Waals surface area contributed by atoms with E-state index in [1.807, 2.05) is 0 Å². The van der Waals surface area contributed by atoms with Crippen LogP contribution in [0.1, 0.15) is 11.1 Å². The number of rotatable bonds is 4. The van der Waals surface area contributed by atoms with Crippen LogP contribution in [-0.4, -0.2) is 18.5 Å². The lowest BCUT2D eigenvalue weighted by atomic mass is 10.0. The van der Waals surface area contributed by atoms with Crippen LogP contribution in [0.25, 0.3) is 10.8 Å². The molecule has 94 valence electrons. The molecule has 1 nitrogen and oxygen atoms in total. The number of halogens is 1. The van der Waals surface area contributed by atoms with E-state index in [1.54, 1.807) is 0 Å². The van der Waals surface area contributed by atoms with Gasteiger partial charge in [0.15, 0.2) is 0 Å². The van der Waals surface area contributed by atoms with Crippen molar-refractivity contribution in [2.75, 3.05) is 13.6 Å². The summed E-state index contributed by atoms with van der Waals surface area (Å²) in [6, 6.07) is 13.2. The van der Waals surface area contributed by atoms with Crippen LogP contribution in [0.4, 0.5) is 0 Å². The summed E-state index contributed by atoms with van der Waals surface area (Å²) in [6.45, 7) is 4.13. The molecule has 2 aromatic carbocycles. The normalized spacial score (nSPS) is 11.8. The van der Waals surface area contributed by atoms with Crippen molar-refractivity contribution >= 4 is 33.4 Å². The molecule has 0 saturated carbocycles. The van der Waals surface area contributed by atoms with Crippen molar-refractivity contribution in [2.24, 2.45) is 0 Å². The number of hydrogen-bond acceptors (Lipinski definition) is 1. The Balaban J connectivity index is 2.29. The molecule has 0 aliphatic rings. The first kappa shape index (κ1) is 13.6. The fourth-order valence-corrected chi connectivity index (χ4v) is 2.39. The summed E-state index contributed by atoms with van der Waals surface area (Å²) in [5, 5.41) is 2.71. The lowest BCUT2D eigenvalue weighted by Crippen LogP contribution is -2.17. The zero-order valence-corrected chi connectivity index (χ0v) is 13.0. The van der Waals surface area contributed by atoms with Crippen molar-refractivity contribution in [1.82, 2.24) is 4.90 Å². The monoisotopic (exact) mass is 351 g/mol. The third-order valence-electron chi connectivity index (χ3n) is 3.07. The number of likely N-dealkylation sites (N-methyl/N-ethyl adjacent to an activating group) is 1. The first-order chi connectivity index (χ1) is 8.70. The molecular weight excluding hydrogens is 333 g/mol. The third kappa shape index (κ3) is 3.33. The third-order valence-corrected chi connectivity index (χ3v) is 3.58. The van der Waals surface area contributed by atoms with Crippen LogP contribution >= 0.6 is 22.6 Å². The van der Waals surface area contributed by atoms with Crippen LogP contribution in [0.15, 0.2) is 46.6 Å². The van der Waals surface area contributed by atoms with Crippen molar-refractivity contribution in [3.8, 4) is 0 Å². The largest absolute Gasteiger partial charge is 0.298 e. The molecule has 2 heteroatoms. The Hall–Kier alpha value is -0.870. The highest BCUT2D eigenvalue weighted by molar-refractivity contribution is 14.1. The second kappa shape index (κ2) is 6.34. The van der Waals surface area contributed by atoms with Crippen LogP contribution in [-0.2, 0) is 6.54 Å². The van der Waals surface area contributed by atoms with E-state index in [4.69, 9.17) is 0 Å². The summed E-state index contributed by atoms with van der Waals surface area (Å²) in [5.74, 6) is 0. The van der Waals surface area contributed by atoms with Crippen LogP contribution in [0.3, 0.4) is 0 Å². The lowest BCUT2D eigenvalue weighted by molar-refractivity contribution is 0.365. The maximum atomic E-state index is 2.33. The number of aryl methyl sites for hydroxylation is 1. The molecule has 0 saturated heterocycles. The van der Waals surface area contributed by atoms with Crippen molar-refractivity contribution in [3.63, 3.8) is 0 Å². The highest BCUT2D eigenvalue weighted by atomic mass is 127. The van der Waals surface area contributed by atoms with Gasteiger partial charge in [-0.1, -0.05) is 70.6 Å². The minimum atomic E-state index is 0.988. The molecule has 0 spiro atoms. The molecule has 0 heterocycles. The maximum absolute atomic E-state index is 2.33. The Labute approximate surface area is 123 Å².